The van der Waals surface area contributed by atoms with Gasteiger partial charge in [-0.1, -0.05) is 50.1 Å². The summed E-state index contributed by atoms with van der Waals surface area (Å²) in [6, 6.07) is 5.79. The maximum absolute atomic E-state index is 12.9. The largest absolute Gasteiger partial charge is 0.384 e. The summed E-state index contributed by atoms with van der Waals surface area (Å²) in [6.45, 7) is 0.633. The third-order valence-corrected chi connectivity index (χ3v) is 5.74. The van der Waals surface area contributed by atoms with Gasteiger partial charge in [0.05, 0.1) is 17.1 Å². The van der Waals surface area contributed by atoms with E-state index in [2.05, 4.69) is 0 Å². The minimum absolute atomic E-state index is 0.221. The van der Waals surface area contributed by atoms with Gasteiger partial charge in [0.15, 0.2) is 5.78 Å². The van der Waals surface area contributed by atoms with Crippen LogP contribution in [-0.2, 0) is 11.2 Å². The molecule has 0 unspecified atom stereocenters. The number of hydrogen-bond donors (Lipinski definition) is 0. The Morgan fingerprint density at radius 3 is 2.76 bits per heavy atom. The number of fused-ring (bicyclic) bond motifs is 1. The highest BCUT2D eigenvalue weighted by Crippen LogP contribution is 2.30. The predicted octanol–water partition coefficient (Wildman–Crippen LogP) is 5.71. The third-order valence-electron chi connectivity index (χ3n) is 5.44. The van der Waals surface area contributed by atoms with Gasteiger partial charge in [-0.3, -0.25) is 4.79 Å². The molecule has 3 rings (SSSR count). The molecule has 0 spiro atoms. The topological polar surface area (TPSA) is 30.7 Å². The van der Waals surface area contributed by atoms with Crippen LogP contribution in [-0.4, -0.2) is 23.9 Å². The lowest BCUT2D eigenvalue weighted by Crippen LogP contribution is -2.05. The Labute approximate surface area is 155 Å². The van der Waals surface area contributed by atoms with E-state index in [1.54, 1.807) is 7.11 Å². The molecule has 2 heterocycles. The molecule has 1 fully saturated rings. The number of hydrogen-bond acceptors (Lipinski definition) is 2. The molecule has 4 heteroatoms. The van der Waals surface area contributed by atoms with Crippen molar-refractivity contribution in [1.82, 2.24) is 4.40 Å². The number of halogens is 1. The molecule has 1 aliphatic rings. The number of methoxy groups -OCH3 is 1. The van der Waals surface area contributed by atoms with E-state index in [0.29, 0.717) is 24.0 Å². The fourth-order valence-corrected chi connectivity index (χ4v) is 4.28. The van der Waals surface area contributed by atoms with Crippen LogP contribution in [0.1, 0.15) is 67.4 Å². The number of pyridine rings is 1. The molecular formula is C21H28ClNO2. The van der Waals surface area contributed by atoms with Gasteiger partial charge in [0.2, 0.25) is 0 Å². The molecule has 0 saturated heterocycles. The van der Waals surface area contributed by atoms with Gasteiger partial charge in [0.25, 0.3) is 0 Å². The number of nitrogens with zero attached hydrogens (tertiary/aromatic N) is 1. The van der Waals surface area contributed by atoms with E-state index in [1.165, 1.54) is 38.5 Å². The zero-order valence-corrected chi connectivity index (χ0v) is 15.9. The van der Waals surface area contributed by atoms with Gasteiger partial charge in [-0.2, -0.15) is 0 Å². The van der Waals surface area contributed by atoms with Crippen LogP contribution < -0.4 is 0 Å². The van der Waals surface area contributed by atoms with E-state index in [-0.39, 0.29) is 5.78 Å². The number of carbonyl (C=O) groups is 1. The van der Waals surface area contributed by atoms with E-state index < -0.39 is 0 Å². The lowest BCUT2D eigenvalue weighted by molar-refractivity contribution is 0.0974. The van der Waals surface area contributed by atoms with Gasteiger partial charge in [-0.15, -0.1) is 0 Å². The minimum Gasteiger partial charge on any atom is -0.384 e. The molecule has 0 atom stereocenters. The van der Waals surface area contributed by atoms with Crippen LogP contribution in [0.4, 0.5) is 0 Å². The van der Waals surface area contributed by atoms with Gasteiger partial charge in [0, 0.05) is 37.4 Å². The summed E-state index contributed by atoms with van der Waals surface area (Å²) >= 11 is 6.42. The van der Waals surface area contributed by atoms with Crippen molar-refractivity contribution < 1.29 is 9.53 Å². The summed E-state index contributed by atoms with van der Waals surface area (Å²) in [5.74, 6) is 0.933. The molecule has 2 aromatic heterocycles. The Morgan fingerprint density at radius 1 is 1.28 bits per heavy atom. The fraction of sp³-hybridized carbons (Fsp3) is 0.571. The Kier molecular flexibility index (Phi) is 6.55. The first-order valence-corrected chi connectivity index (χ1v) is 9.89. The van der Waals surface area contributed by atoms with Gasteiger partial charge in [0.1, 0.15) is 0 Å². The molecule has 0 N–H and O–H groups in total. The van der Waals surface area contributed by atoms with E-state index >= 15 is 0 Å². The van der Waals surface area contributed by atoms with Crippen molar-refractivity contribution in [2.24, 2.45) is 5.92 Å². The number of Topliss-reactive ketones (excluding diaryl/α,β-unsaturated/α-hetero) is 1. The molecule has 0 bridgehead atoms. The quantitative estimate of drug-likeness (QED) is 0.466. The minimum atomic E-state index is 0.221. The van der Waals surface area contributed by atoms with Crippen LogP contribution >= 0.6 is 11.6 Å². The van der Waals surface area contributed by atoms with Crippen molar-refractivity contribution >= 4 is 22.9 Å². The fourth-order valence-electron chi connectivity index (χ4n) is 4.02. The van der Waals surface area contributed by atoms with Crippen molar-refractivity contribution in [2.45, 2.75) is 57.8 Å². The average Bonchev–Trinajstić information content (AvgIpc) is 2.80. The second-order valence-electron chi connectivity index (χ2n) is 7.19. The predicted molar refractivity (Wildman–Crippen MR) is 103 cm³/mol. The number of carbonyl (C=O) groups excluding carboxylic acids is 1. The highest BCUT2D eigenvalue weighted by molar-refractivity contribution is 6.35. The summed E-state index contributed by atoms with van der Waals surface area (Å²) in [5.41, 5.74) is 2.70. The highest BCUT2D eigenvalue weighted by Gasteiger charge is 2.19. The second kappa shape index (κ2) is 8.86. The zero-order chi connectivity index (χ0) is 17.6. The Morgan fingerprint density at radius 2 is 2.04 bits per heavy atom. The molecule has 1 aliphatic carbocycles. The first-order valence-electron chi connectivity index (χ1n) is 9.51. The van der Waals surface area contributed by atoms with Crippen LogP contribution in [0.2, 0.25) is 5.02 Å². The van der Waals surface area contributed by atoms with E-state index in [9.17, 15) is 4.79 Å². The lowest BCUT2D eigenvalue weighted by Gasteiger charge is -2.12. The summed E-state index contributed by atoms with van der Waals surface area (Å²) < 4.78 is 7.24. The van der Waals surface area contributed by atoms with Crippen molar-refractivity contribution in [1.29, 1.82) is 0 Å². The maximum Gasteiger partial charge on any atom is 0.165 e. The highest BCUT2D eigenvalue weighted by atomic mass is 35.5. The first-order chi connectivity index (χ1) is 12.2. The van der Waals surface area contributed by atoms with E-state index in [0.717, 1.165) is 29.6 Å². The summed E-state index contributed by atoms with van der Waals surface area (Å²) in [6.07, 6.45) is 12.3. The summed E-state index contributed by atoms with van der Waals surface area (Å²) in [5, 5.41) is 0.643. The summed E-state index contributed by atoms with van der Waals surface area (Å²) in [7, 11) is 1.70. The van der Waals surface area contributed by atoms with Crippen molar-refractivity contribution in [3.63, 3.8) is 0 Å². The monoisotopic (exact) mass is 361 g/mol. The molecule has 0 aromatic carbocycles. The van der Waals surface area contributed by atoms with Crippen molar-refractivity contribution in [3.8, 4) is 0 Å². The van der Waals surface area contributed by atoms with Crippen LogP contribution in [0.3, 0.4) is 0 Å². The molecule has 0 radical (unpaired) electrons. The average molecular weight is 362 g/mol. The van der Waals surface area contributed by atoms with E-state index in [1.807, 2.05) is 28.8 Å². The standard InChI is InChI=1S/C21H28ClNO2/c1-25-14-12-17-15-18(21-19(22)9-6-13-23(17)21)20(24)11-10-16-7-4-2-3-5-8-16/h6,9,13,15-16H,2-5,7-8,10-12,14H2,1H3. The number of ether oxygens (including phenoxy) is 1. The van der Waals surface area contributed by atoms with Crippen LogP contribution in [0.25, 0.3) is 5.52 Å². The molecule has 25 heavy (non-hydrogen) atoms. The number of ketones is 1. The number of aromatic nitrogens is 1. The Hall–Kier alpha value is -1.32. The van der Waals surface area contributed by atoms with Crippen LogP contribution in [0.15, 0.2) is 24.4 Å². The van der Waals surface area contributed by atoms with Crippen LogP contribution in [0, 0.1) is 5.92 Å². The zero-order valence-electron chi connectivity index (χ0n) is 15.1. The van der Waals surface area contributed by atoms with Crippen molar-refractivity contribution in [2.75, 3.05) is 13.7 Å². The lowest BCUT2D eigenvalue weighted by atomic mass is 9.93. The van der Waals surface area contributed by atoms with Crippen molar-refractivity contribution in [3.05, 3.63) is 40.7 Å². The third kappa shape index (κ3) is 4.45. The van der Waals surface area contributed by atoms with Gasteiger partial charge >= 0.3 is 0 Å². The molecular weight excluding hydrogens is 334 g/mol. The molecule has 3 nitrogen and oxygen atoms in total. The molecule has 0 amide bonds. The smallest absolute Gasteiger partial charge is 0.165 e. The Balaban J connectivity index is 1.78. The molecule has 2 aromatic rings. The Bertz CT molecular complexity index is 714. The second-order valence-corrected chi connectivity index (χ2v) is 7.59. The molecule has 1 saturated carbocycles. The van der Waals surface area contributed by atoms with Gasteiger partial charge in [-0.25, -0.2) is 0 Å². The van der Waals surface area contributed by atoms with Gasteiger partial charge in [-0.05, 0) is 30.5 Å². The molecule has 0 aliphatic heterocycles. The summed E-state index contributed by atoms with van der Waals surface area (Å²) in [4.78, 5) is 12.9. The normalized spacial score (nSPS) is 16.2. The first kappa shape index (κ1) is 18.5. The van der Waals surface area contributed by atoms with Gasteiger partial charge < -0.3 is 9.14 Å². The maximum atomic E-state index is 12.9. The van der Waals surface area contributed by atoms with Crippen LogP contribution in [0.5, 0.6) is 0 Å². The van der Waals surface area contributed by atoms with E-state index in [4.69, 9.17) is 16.3 Å². The molecule has 136 valence electrons. The number of rotatable bonds is 7. The SMILES string of the molecule is COCCc1cc(C(=O)CCC2CCCCCC2)c2c(Cl)cccn12.